The number of phenolic OH excluding ortho intramolecular Hbond substituents is 1. The molecule has 1 aromatic heterocycles. The Bertz CT molecular complexity index is 483. The van der Waals surface area contributed by atoms with Crippen molar-refractivity contribution in [2.45, 2.75) is 0 Å². The van der Waals surface area contributed by atoms with Gasteiger partial charge in [0.1, 0.15) is 5.75 Å². The van der Waals surface area contributed by atoms with Crippen LogP contribution >= 0.6 is 11.3 Å². The van der Waals surface area contributed by atoms with Gasteiger partial charge in [-0.3, -0.25) is 0 Å². The molecule has 0 saturated carbocycles. The van der Waals surface area contributed by atoms with E-state index in [0.29, 0.717) is 21.2 Å². The Labute approximate surface area is 84.4 Å². The Morgan fingerprint density at radius 1 is 1.29 bits per heavy atom. The van der Waals surface area contributed by atoms with Crippen LogP contribution in [0.25, 0.3) is 10.1 Å². The van der Waals surface area contributed by atoms with Crippen molar-refractivity contribution in [1.82, 2.24) is 0 Å². The molecule has 6 heteroatoms. The van der Waals surface area contributed by atoms with Gasteiger partial charge in [-0.25, -0.2) is 0 Å². The van der Waals surface area contributed by atoms with Crippen LogP contribution in [0.3, 0.4) is 0 Å². The number of rotatable bonds is 1. The fraction of sp³-hybridized carbons (Fsp3) is 0. The van der Waals surface area contributed by atoms with E-state index in [9.17, 15) is 5.11 Å². The zero-order valence-corrected chi connectivity index (χ0v) is 7.95. The zero-order valence-electron chi connectivity index (χ0n) is 7.14. The lowest BCUT2D eigenvalue weighted by Gasteiger charge is -2.01. The van der Waals surface area contributed by atoms with Crippen molar-refractivity contribution in [3.63, 3.8) is 0 Å². The van der Waals surface area contributed by atoms with Crippen LogP contribution in [-0.4, -0.2) is 22.3 Å². The molecule has 0 fully saturated rings. The van der Waals surface area contributed by atoms with E-state index in [1.807, 2.05) is 0 Å². The molecule has 14 heavy (non-hydrogen) atoms. The topological polar surface area (TPSA) is 86.7 Å². The molecule has 72 valence electrons. The zero-order chi connectivity index (χ0) is 10.3. The molecule has 0 radical (unpaired) electrons. The van der Waals surface area contributed by atoms with Gasteiger partial charge in [0.15, 0.2) is 0 Å². The summed E-state index contributed by atoms with van der Waals surface area (Å²) in [7, 11) is -1.56. The van der Waals surface area contributed by atoms with Crippen molar-refractivity contribution in [3.8, 4) is 5.75 Å². The van der Waals surface area contributed by atoms with Crippen LogP contribution < -0.4 is 11.2 Å². The molecule has 0 aliphatic heterocycles. The van der Waals surface area contributed by atoms with Crippen molar-refractivity contribution < 1.29 is 15.2 Å². The highest BCUT2D eigenvalue weighted by Gasteiger charge is 2.19. The highest BCUT2D eigenvalue weighted by atomic mass is 32.1. The summed E-state index contributed by atoms with van der Waals surface area (Å²) in [5.41, 5.74) is 6.45. The lowest BCUT2D eigenvalue weighted by Crippen LogP contribution is -2.29. The number of aromatic hydroxyl groups is 1. The lowest BCUT2D eigenvalue weighted by atomic mass is 9.80. The minimum absolute atomic E-state index is 0.103. The highest BCUT2D eigenvalue weighted by molar-refractivity contribution is 7.19. The third-order valence-corrected chi connectivity index (χ3v) is 3.06. The van der Waals surface area contributed by atoms with Crippen LogP contribution in [0.15, 0.2) is 17.5 Å². The van der Waals surface area contributed by atoms with E-state index in [0.717, 1.165) is 0 Å². The van der Waals surface area contributed by atoms with E-state index < -0.39 is 7.12 Å². The van der Waals surface area contributed by atoms with Crippen LogP contribution in [0.4, 0.5) is 5.69 Å². The highest BCUT2D eigenvalue weighted by Crippen LogP contribution is 2.32. The first-order valence-electron chi connectivity index (χ1n) is 3.96. The molecule has 2 rings (SSSR count). The quantitative estimate of drug-likeness (QED) is 0.299. The van der Waals surface area contributed by atoms with Gasteiger partial charge in [-0.2, -0.15) is 0 Å². The monoisotopic (exact) mass is 209 g/mol. The molecule has 0 aliphatic carbocycles. The number of hydrogen-bond donors (Lipinski definition) is 4. The lowest BCUT2D eigenvalue weighted by molar-refractivity contribution is 0.426. The maximum atomic E-state index is 9.48. The van der Waals surface area contributed by atoms with Crippen LogP contribution in [0.2, 0.25) is 0 Å². The van der Waals surface area contributed by atoms with Crippen molar-refractivity contribution in [1.29, 1.82) is 0 Å². The van der Waals surface area contributed by atoms with Crippen molar-refractivity contribution >= 4 is 39.7 Å². The number of phenols is 1. The summed E-state index contributed by atoms with van der Waals surface area (Å²) in [5.74, 6) is 0.103. The van der Waals surface area contributed by atoms with Crippen LogP contribution in [-0.2, 0) is 0 Å². The second kappa shape index (κ2) is 3.16. The Balaban J connectivity index is 2.84. The van der Waals surface area contributed by atoms with Gasteiger partial charge < -0.3 is 20.9 Å². The summed E-state index contributed by atoms with van der Waals surface area (Å²) in [4.78, 5) is 0. The molecule has 0 amide bonds. The molecule has 0 saturated heterocycles. The number of hydrogen-bond acceptors (Lipinski definition) is 5. The second-order valence-corrected chi connectivity index (χ2v) is 3.82. The van der Waals surface area contributed by atoms with E-state index >= 15 is 0 Å². The van der Waals surface area contributed by atoms with Gasteiger partial charge in [0, 0.05) is 16.5 Å². The smallest absolute Gasteiger partial charge is 0.490 e. The molecular weight excluding hydrogens is 201 g/mol. The van der Waals surface area contributed by atoms with Gasteiger partial charge in [-0.15, -0.1) is 11.3 Å². The fourth-order valence-electron chi connectivity index (χ4n) is 1.38. The summed E-state index contributed by atoms with van der Waals surface area (Å²) in [6.07, 6.45) is 0. The largest absolute Gasteiger partial charge is 0.506 e. The number of nitrogens with two attached hydrogens (primary N) is 1. The Morgan fingerprint density at radius 2 is 2.00 bits per heavy atom. The molecule has 1 aromatic carbocycles. The summed E-state index contributed by atoms with van der Waals surface area (Å²) in [5, 5.41) is 29.7. The normalized spacial score (nSPS) is 10.7. The van der Waals surface area contributed by atoms with E-state index in [1.165, 1.54) is 23.5 Å². The minimum atomic E-state index is -1.56. The van der Waals surface area contributed by atoms with Crippen molar-refractivity contribution in [2.75, 3.05) is 5.73 Å². The van der Waals surface area contributed by atoms with Gasteiger partial charge in [0.05, 0.1) is 4.70 Å². The van der Waals surface area contributed by atoms with Crippen LogP contribution in [0.1, 0.15) is 0 Å². The molecule has 0 atom stereocenters. The Morgan fingerprint density at radius 3 is 2.64 bits per heavy atom. The molecule has 0 bridgehead atoms. The molecule has 0 aliphatic rings. The number of nitrogen functional groups attached to an aromatic ring is 1. The third-order valence-electron chi connectivity index (χ3n) is 2.04. The van der Waals surface area contributed by atoms with Crippen LogP contribution in [0.5, 0.6) is 5.75 Å². The maximum absolute atomic E-state index is 9.48. The van der Waals surface area contributed by atoms with E-state index in [-0.39, 0.29) is 5.75 Å². The average Bonchev–Trinajstić information content (AvgIpc) is 2.56. The first-order valence-corrected chi connectivity index (χ1v) is 4.84. The van der Waals surface area contributed by atoms with Gasteiger partial charge in [-0.05, 0) is 17.5 Å². The van der Waals surface area contributed by atoms with Gasteiger partial charge in [0.2, 0.25) is 0 Å². The van der Waals surface area contributed by atoms with E-state index in [4.69, 9.17) is 15.8 Å². The summed E-state index contributed by atoms with van der Waals surface area (Å²) in [6, 6.07) is 3.03. The molecule has 1 heterocycles. The molecule has 5 N–H and O–H groups in total. The van der Waals surface area contributed by atoms with E-state index in [1.54, 1.807) is 5.38 Å². The molecule has 4 nitrogen and oxygen atoms in total. The van der Waals surface area contributed by atoms with Gasteiger partial charge in [0.25, 0.3) is 0 Å². The first-order chi connectivity index (χ1) is 6.61. The molecule has 2 aromatic rings. The number of benzene rings is 1. The fourth-order valence-corrected chi connectivity index (χ4v) is 2.40. The third kappa shape index (κ3) is 1.24. The molecule has 0 spiro atoms. The Hall–Kier alpha value is -1.24. The standard InChI is InChI=1S/C8H8BNO3S/c10-5-1-2-6(11)8-7(5)4(3-14-8)9(12)13/h1-3,11-13H,10H2. The number of thiophene rings is 1. The minimum Gasteiger partial charge on any atom is -0.506 e. The number of fused-ring (bicyclic) bond motifs is 1. The summed E-state index contributed by atoms with van der Waals surface area (Å²) < 4.78 is 0.577. The maximum Gasteiger partial charge on any atom is 0.490 e. The summed E-state index contributed by atoms with van der Waals surface area (Å²) >= 11 is 1.23. The van der Waals surface area contributed by atoms with Crippen LogP contribution in [0, 0.1) is 0 Å². The number of anilines is 1. The average molecular weight is 209 g/mol. The summed E-state index contributed by atoms with van der Waals surface area (Å²) in [6.45, 7) is 0. The SMILES string of the molecule is Nc1ccc(O)c2scc(B(O)O)c12. The molecule has 0 unspecified atom stereocenters. The molecular formula is C8H8BNO3S. The van der Waals surface area contributed by atoms with Gasteiger partial charge in [-0.1, -0.05) is 0 Å². The van der Waals surface area contributed by atoms with Crippen molar-refractivity contribution in [2.24, 2.45) is 0 Å². The second-order valence-electron chi connectivity index (χ2n) is 2.94. The first kappa shape index (κ1) is 9.33. The predicted molar refractivity (Wildman–Crippen MR) is 57.7 cm³/mol. The van der Waals surface area contributed by atoms with Gasteiger partial charge >= 0.3 is 7.12 Å². The van der Waals surface area contributed by atoms with E-state index in [2.05, 4.69) is 0 Å². The predicted octanol–water partition coefficient (Wildman–Crippen LogP) is -0.131. The van der Waals surface area contributed by atoms with Crippen molar-refractivity contribution in [3.05, 3.63) is 17.5 Å². The Kier molecular flexibility index (Phi) is 2.11.